The molecule has 0 radical (unpaired) electrons. The van der Waals surface area contributed by atoms with Crippen LogP contribution in [0.1, 0.15) is 155 Å². The molecule has 0 aromatic carbocycles. The second-order valence-corrected chi connectivity index (χ2v) is 8.68. The lowest BCUT2D eigenvalue weighted by Crippen LogP contribution is -1.97. The molecule has 1 nitrogen and oxygen atoms in total. The van der Waals surface area contributed by atoms with Crippen LogP contribution in [0.3, 0.4) is 0 Å². The van der Waals surface area contributed by atoms with Crippen molar-refractivity contribution in [2.45, 2.75) is 155 Å². The number of hydrogen-bond donors (Lipinski definition) is 0. The fraction of sp³-hybridized carbons (Fsp3) is 1.00. The molecule has 1 heteroatoms. The van der Waals surface area contributed by atoms with E-state index in [2.05, 4.69) is 13.8 Å². The molecule has 0 saturated heterocycles. The topological polar surface area (TPSA) is 9.23 Å². The van der Waals surface area contributed by atoms with Gasteiger partial charge in [0.2, 0.25) is 0 Å². The summed E-state index contributed by atoms with van der Waals surface area (Å²) in [5.41, 5.74) is 0. The molecule has 0 amide bonds. The van der Waals surface area contributed by atoms with Gasteiger partial charge in [0.05, 0.1) is 0 Å². The first-order chi connectivity index (χ1) is 13.4. The number of hydrogen-bond acceptors (Lipinski definition) is 1. The minimum Gasteiger partial charge on any atom is -0.381 e. The third-order valence-electron chi connectivity index (χ3n) is 5.78. The van der Waals surface area contributed by atoms with Crippen molar-refractivity contribution < 1.29 is 4.74 Å². The monoisotopic (exact) mass is 382 g/mol. The van der Waals surface area contributed by atoms with Gasteiger partial charge in [-0.15, -0.1) is 0 Å². The quantitative estimate of drug-likeness (QED) is 0.151. The Balaban J connectivity index is 2.95. The third-order valence-corrected chi connectivity index (χ3v) is 5.78. The molecule has 0 bridgehead atoms. The van der Waals surface area contributed by atoms with E-state index in [0.29, 0.717) is 0 Å². The molecule has 0 aromatic rings. The molecule has 0 heterocycles. The minimum atomic E-state index is 0.992. The van der Waals surface area contributed by atoms with Gasteiger partial charge in [0.1, 0.15) is 0 Å². The van der Waals surface area contributed by atoms with E-state index >= 15 is 0 Å². The highest BCUT2D eigenvalue weighted by Gasteiger charge is 1.95. The van der Waals surface area contributed by atoms with Gasteiger partial charge >= 0.3 is 0 Å². The molecular weight excluding hydrogens is 328 g/mol. The third kappa shape index (κ3) is 26.0. The minimum absolute atomic E-state index is 0.992. The van der Waals surface area contributed by atoms with Crippen molar-refractivity contribution in [3.05, 3.63) is 0 Å². The van der Waals surface area contributed by atoms with Crippen molar-refractivity contribution in [1.29, 1.82) is 0 Å². The molecule has 27 heavy (non-hydrogen) atoms. The van der Waals surface area contributed by atoms with Crippen LogP contribution < -0.4 is 0 Å². The van der Waals surface area contributed by atoms with Crippen molar-refractivity contribution in [2.24, 2.45) is 0 Å². The Morgan fingerprint density at radius 2 is 0.519 bits per heavy atom. The molecule has 0 unspecified atom stereocenters. The lowest BCUT2D eigenvalue weighted by molar-refractivity contribution is 0.125. The SMILES string of the molecule is CCCCCCCCCCCCCCCCCOCCCCCCCCC. The fourth-order valence-electron chi connectivity index (χ4n) is 3.84. The van der Waals surface area contributed by atoms with E-state index in [-0.39, 0.29) is 0 Å². The molecule has 0 atom stereocenters. The molecule has 0 rings (SSSR count). The largest absolute Gasteiger partial charge is 0.381 e. The normalized spacial score (nSPS) is 11.3. The summed E-state index contributed by atoms with van der Waals surface area (Å²) in [5.74, 6) is 0. The Morgan fingerprint density at radius 1 is 0.296 bits per heavy atom. The second-order valence-electron chi connectivity index (χ2n) is 8.68. The van der Waals surface area contributed by atoms with Crippen LogP contribution >= 0.6 is 0 Å². The number of unbranched alkanes of at least 4 members (excludes halogenated alkanes) is 20. The molecule has 0 aliphatic carbocycles. The summed E-state index contributed by atoms with van der Waals surface area (Å²) >= 11 is 0. The van der Waals surface area contributed by atoms with Crippen LogP contribution in [0.5, 0.6) is 0 Å². The second kappa shape index (κ2) is 26.0. The Morgan fingerprint density at radius 3 is 0.778 bits per heavy atom. The lowest BCUT2D eigenvalue weighted by atomic mass is 10.0. The summed E-state index contributed by atoms with van der Waals surface area (Å²) < 4.78 is 5.77. The van der Waals surface area contributed by atoms with Gasteiger partial charge < -0.3 is 4.74 Å². The van der Waals surface area contributed by atoms with Gasteiger partial charge in [-0.2, -0.15) is 0 Å². The molecule has 0 aliphatic heterocycles. The van der Waals surface area contributed by atoms with Gasteiger partial charge in [-0.1, -0.05) is 142 Å². The van der Waals surface area contributed by atoms with Crippen molar-refractivity contribution in [3.8, 4) is 0 Å². The molecule has 0 fully saturated rings. The van der Waals surface area contributed by atoms with Gasteiger partial charge in [0.25, 0.3) is 0 Å². The Labute approximate surface area is 173 Å². The highest BCUT2D eigenvalue weighted by Crippen LogP contribution is 2.13. The van der Waals surface area contributed by atoms with E-state index in [1.165, 1.54) is 141 Å². The van der Waals surface area contributed by atoms with Crippen molar-refractivity contribution in [2.75, 3.05) is 13.2 Å². The summed E-state index contributed by atoms with van der Waals surface area (Å²) in [6.45, 7) is 6.57. The van der Waals surface area contributed by atoms with Gasteiger partial charge in [0.15, 0.2) is 0 Å². The van der Waals surface area contributed by atoms with E-state index in [1.807, 2.05) is 0 Å². The van der Waals surface area contributed by atoms with Crippen LogP contribution in [0, 0.1) is 0 Å². The van der Waals surface area contributed by atoms with Crippen molar-refractivity contribution >= 4 is 0 Å². The van der Waals surface area contributed by atoms with Crippen molar-refractivity contribution in [1.82, 2.24) is 0 Å². The zero-order chi connectivity index (χ0) is 19.7. The molecule has 164 valence electrons. The van der Waals surface area contributed by atoms with Crippen LogP contribution in [0.25, 0.3) is 0 Å². The first-order valence-electron chi connectivity index (χ1n) is 13.0. The smallest absolute Gasteiger partial charge is 0.0466 e. The standard InChI is InChI=1S/C26H54O/c1-3-5-7-9-11-12-13-14-15-16-17-18-20-22-24-26-27-25-23-21-19-10-8-6-4-2/h3-26H2,1-2H3. The van der Waals surface area contributed by atoms with Gasteiger partial charge in [-0.05, 0) is 12.8 Å². The zero-order valence-electron chi connectivity index (χ0n) is 19.4. The van der Waals surface area contributed by atoms with E-state index in [1.54, 1.807) is 0 Å². The molecule has 0 N–H and O–H groups in total. The maximum Gasteiger partial charge on any atom is 0.0466 e. The molecule has 0 spiro atoms. The zero-order valence-corrected chi connectivity index (χ0v) is 19.4. The highest BCUT2D eigenvalue weighted by molar-refractivity contribution is 4.50. The van der Waals surface area contributed by atoms with E-state index in [9.17, 15) is 0 Å². The summed E-state index contributed by atoms with van der Waals surface area (Å²) in [4.78, 5) is 0. The molecule has 0 aliphatic rings. The first-order valence-corrected chi connectivity index (χ1v) is 13.0. The maximum atomic E-state index is 5.77. The summed E-state index contributed by atoms with van der Waals surface area (Å²) in [7, 11) is 0. The van der Waals surface area contributed by atoms with E-state index in [0.717, 1.165) is 13.2 Å². The van der Waals surface area contributed by atoms with E-state index < -0.39 is 0 Å². The summed E-state index contributed by atoms with van der Waals surface area (Å²) in [6, 6.07) is 0. The van der Waals surface area contributed by atoms with Crippen LogP contribution in [0.4, 0.5) is 0 Å². The molecule has 0 saturated carbocycles. The Hall–Kier alpha value is -0.0400. The van der Waals surface area contributed by atoms with Gasteiger partial charge in [-0.25, -0.2) is 0 Å². The van der Waals surface area contributed by atoms with Crippen molar-refractivity contribution in [3.63, 3.8) is 0 Å². The van der Waals surface area contributed by atoms with Crippen LogP contribution in [-0.4, -0.2) is 13.2 Å². The predicted molar refractivity (Wildman–Crippen MR) is 124 cm³/mol. The average Bonchev–Trinajstić information content (AvgIpc) is 2.68. The van der Waals surface area contributed by atoms with Gasteiger partial charge in [0, 0.05) is 13.2 Å². The molecule has 0 aromatic heterocycles. The highest BCUT2D eigenvalue weighted by atomic mass is 16.5. The fourth-order valence-corrected chi connectivity index (χ4v) is 3.84. The summed E-state index contributed by atoms with van der Waals surface area (Å²) in [6.07, 6.45) is 31.2. The Kier molecular flexibility index (Phi) is 25.9. The first kappa shape index (κ1) is 27.0. The van der Waals surface area contributed by atoms with Crippen LogP contribution in [0.2, 0.25) is 0 Å². The average molecular weight is 383 g/mol. The predicted octanol–water partition coefficient (Wildman–Crippen LogP) is 9.62. The number of rotatable bonds is 24. The van der Waals surface area contributed by atoms with Crippen LogP contribution in [0.15, 0.2) is 0 Å². The summed E-state index contributed by atoms with van der Waals surface area (Å²) in [5, 5.41) is 0. The van der Waals surface area contributed by atoms with E-state index in [4.69, 9.17) is 4.74 Å². The maximum absolute atomic E-state index is 5.77. The van der Waals surface area contributed by atoms with Crippen LogP contribution in [-0.2, 0) is 4.74 Å². The molecular formula is C26H54O. The lowest BCUT2D eigenvalue weighted by Gasteiger charge is -2.05. The Bertz CT molecular complexity index is 214. The number of ether oxygens (including phenoxy) is 1. The van der Waals surface area contributed by atoms with Gasteiger partial charge in [-0.3, -0.25) is 0 Å².